The summed E-state index contributed by atoms with van der Waals surface area (Å²) in [7, 11) is 0. The topological polar surface area (TPSA) is 41.5 Å². The fraction of sp³-hybridized carbons (Fsp3) is 0.467. The van der Waals surface area contributed by atoms with E-state index in [1.807, 2.05) is 30.3 Å². The van der Waals surface area contributed by atoms with Crippen LogP contribution in [0.25, 0.3) is 0 Å². The second-order valence-corrected chi connectivity index (χ2v) is 4.14. The SMILES string of the molecule is C#CCCCCNCC(O)COc1ccccc1. The van der Waals surface area contributed by atoms with Gasteiger partial charge in [0.2, 0.25) is 0 Å². The molecule has 0 saturated heterocycles. The Bertz CT molecular complexity index is 345. The number of hydrogen-bond acceptors (Lipinski definition) is 3. The zero-order chi connectivity index (χ0) is 13.1. The summed E-state index contributed by atoms with van der Waals surface area (Å²) in [6.07, 6.45) is 7.56. The predicted octanol–water partition coefficient (Wildman–Crippen LogP) is 1.82. The maximum Gasteiger partial charge on any atom is 0.119 e. The van der Waals surface area contributed by atoms with Gasteiger partial charge in [-0.3, -0.25) is 0 Å². The van der Waals surface area contributed by atoms with E-state index < -0.39 is 6.10 Å². The summed E-state index contributed by atoms with van der Waals surface area (Å²) >= 11 is 0. The molecule has 1 unspecified atom stereocenters. The molecule has 0 spiro atoms. The van der Waals surface area contributed by atoms with Gasteiger partial charge in [0.15, 0.2) is 0 Å². The first kappa shape index (κ1) is 14.6. The quantitative estimate of drug-likeness (QED) is 0.516. The Balaban J connectivity index is 2.01. The second kappa shape index (κ2) is 9.52. The molecular formula is C15H21NO2. The van der Waals surface area contributed by atoms with Gasteiger partial charge in [0.1, 0.15) is 18.5 Å². The molecule has 1 aromatic rings. The van der Waals surface area contributed by atoms with Gasteiger partial charge < -0.3 is 15.2 Å². The molecule has 0 amide bonds. The Morgan fingerprint density at radius 3 is 2.78 bits per heavy atom. The summed E-state index contributed by atoms with van der Waals surface area (Å²) in [5.74, 6) is 3.39. The first-order valence-corrected chi connectivity index (χ1v) is 6.33. The number of hydrogen-bond donors (Lipinski definition) is 2. The lowest BCUT2D eigenvalue weighted by molar-refractivity contribution is 0.106. The van der Waals surface area contributed by atoms with Crippen LogP contribution >= 0.6 is 0 Å². The van der Waals surface area contributed by atoms with Crippen LogP contribution < -0.4 is 10.1 Å². The van der Waals surface area contributed by atoms with Crippen molar-refractivity contribution in [3.05, 3.63) is 30.3 Å². The van der Waals surface area contributed by atoms with Crippen molar-refractivity contribution in [1.82, 2.24) is 5.32 Å². The standard InChI is InChI=1S/C15H21NO2/c1-2-3-4-8-11-16-12-14(17)13-18-15-9-6-5-7-10-15/h1,5-7,9-10,14,16-17H,3-4,8,11-13H2. The fourth-order valence-corrected chi connectivity index (χ4v) is 1.51. The molecule has 0 radical (unpaired) electrons. The molecule has 2 N–H and O–H groups in total. The molecule has 0 aliphatic heterocycles. The maximum atomic E-state index is 9.69. The molecule has 18 heavy (non-hydrogen) atoms. The number of benzene rings is 1. The van der Waals surface area contributed by atoms with E-state index in [9.17, 15) is 5.11 Å². The van der Waals surface area contributed by atoms with Crippen LogP contribution in [0.3, 0.4) is 0 Å². The highest BCUT2D eigenvalue weighted by Crippen LogP contribution is 2.08. The van der Waals surface area contributed by atoms with Gasteiger partial charge in [-0.2, -0.15) is 0 Å². The van der Waals surface area contributed by atoms with Crippen molar-refractivity contribution in [2.24, 2.45) is 0 Å². The van der Waals surface area contributed by atoms with Crippen molar-refractivity contribution < 1.29 is 9.84 Å². The Morgan fingerprint density at radius 2 is 2.06 bits per heavy atom. The number of unbranched alkanes of at least 4 members (excludes halogenated alkanes) is 2. The van der Waals surface area contributed by atoms with Crippen LogP contribution in [-0.4, -0.2) is 30.9 Å². The minimum atomic E-state index is -0.488. The van der Waals surface area contributed by atoms with E-state index in [1.54, 1.807) is 0 Å². The lowest BCUT2D eigenvalue weighted by Gasteiger charge is -2.13. The molecule has 0 bridgehead atoms. The highest BCUT2D eigenvalue weighted by molar-refractivity contribution is 5.20. The van der Waals surface area contributed by atoms with Crippen molar-refractivity contribution in [1.29, 1.82) is 0 Å². The van der Waals surface area contributed by atoms with Crippen LogP contribution in [0.15, 0.2) is 30.3 Å². The lowest BCUT2D eigenvalue weighted by atomic mass is 10.2. The van der Waals surface area contributed by atoms with Crippen LogP contribution in [0, 0.1) is 12.3 Å². The number of nitrogens with one attached hydrogen (secondary N) is 1. The maximum absolute atomic E-state index is 9.69. The molecule has 1 aromatic carbocycles. The van der Waals surface area contributed by atoms with Gasteiger partial charge in [0.25, 0.3) is 0 Å². The van der Waals surface area contributed by atoms with Crippen molar-refractivity contribution in [3.63, 3.8) is 0 Å². The molecule has 0 saturated carbocycles. The lowest BCUT2D eigenvalue weighted by Crippen LogP contribution is -2.32. The second-order valence-electron chi connectivity index (χ2n) is 4.14. The molecule has 1 atom stereocenters. The molecule has 98 valence electrons. The largest absolute Gasteiger partial charge is 0.491 e. The fourth-order valence-electron chi connectivity index (χ4n) is 1.51. The smallest absolute Gasteiger partial charge is 0.119 e. The molecule has 0 fully saturated rings. The minimum Gasteiger partial charge on any atom is -0.491 e. The molecule has 1 rings (SSSR count). The Labute approximate surface area is 109 Å². The average molecular weight is 247 g/mol. The summed E-state index contributed by atoms with van der Waals surface area (Å²) in [6.45, 7) is 1.73. The molecule has 0 aliphatic rings. The Hall–Kier alpha value is -1.50. The van der Waals surface area contributed by atoms with E-state index >= 15 is 0 Å². The summed E-state index contributed by atoms with van der Waals surface area (Å²) < 4.78 is 5.45. The number of aliphatic hydroxyl groups is 1. The van der Waals surface area contributed by atoms with Crippen LogP contribution in [0.2, 0.25) is 0 Å². The predicted molar refractivity (Wildman–Crippen MR) is 73.5 cm³/mol. The summed E-state index contributed by atoms with van der Waals surface area (Å²) in [6, 6.07) is 9.50. The number of rotatable bonds is 9. The van der Waals surface area contributed by atoms with Gasteiger partial charge in [-0.15, -0.1) is 12.3 Å². The number of terminal acetylenes is 1. The number of ether oxygens (including phenoxy) is 1. The first-order chi connectivity index (χ1) is 8.83. The first-order valence-electron chi connectivity index (χ1n) is 6.33. The third-order valence-corrected chi connectivity index (χ3v) is 2.49. The zero-order valence-electron chi connectivity index (χ0n) is 10.6. The third-order valence-electron chi connectivity index (χ3n) is 2.49. The van der Waals surface area contributed by atoms with Gasteiger partial charge in [-0.1, -0.05) is 18.2 Å². The monoisotopic (exact) mass is 247 g/mol. The Morgan fingerprint density at radius 1 is 1.28 bits per heavy atom. The van der Waals surface area contributed by atoms with Gasteiger partial charge in [-0.05, 0) is 31.5 Å². The summed E-state index contributed by atoms with van der Waals surface area (Å²) in [5, 5.41) is 12.9. The molecule has 3 heteroatoms. The van der Waals surface area contributed by atoms with Crippen molar-refractivity contribution in [2.75, 3.05) is 19.7 Å². The number of aliphatic hydroxyl groups excluding tert-OH is 1. The van der Waals surface area contributed by atoms with Crippen LogP contribution in [0.4, 0.5) is 0 Å². The van der Waals surface area contributed by atoms with Crippen LogP contribution in [0.5, 0.6) is 5.75 Å². The molecule has 0 heterocycles. The molecule has 0 aliphatic carbocycles. The highest BCUT2D eigenvalue weighted by atomic mass is 16.5. The van der Waals surface area contributed by atoms with E-state index in [2.05, 4.69) is 11.2 Å². The minimum absolute atomic E-state index is 0.307. The van der Waals surface area contributed by atoms with Crippen molar-refractivity contribution in [3.8, 4) is 18.1 Å². The van der Waals surface area contributed by atoms with E-state index in [0.717, 1.165) is 31.6 Å². The van der Waals surface area contributed by atoms with E-state index in [-0.39, 0.29) is 0 Å². The van der Waals surface area contributed by atoms with Crippen LogP contribution in [0.1, 0.15) is 19.3 Å². The van der Waals surface area contributed by atoms with Gasteiger partial charge in [-0.25, -0.2) is 0 Å². The van der Waals surface area contributed by atoms with Crippen molar-refractivity contribution >= 4 is 0 Å². The zero-order valence-corrected chi connectivity index (χ0v) is 10.6. The molecular weight excluding hydrogens is 226 g/mol. The van der Waals surface area contributed by atoms with E-state index in [4.69, 9.17) is 11.2 Å². The van der Waals surface area contributed by atoms with E-state index in [1.165, 1.54) is 0 Å². The van der Waals surface area contributed by atoms with Gasteiger partial charge in [0, 0.05) is 13.0 Å². The van der Waals surface area contributed by atoms with Gasteiger partial charge in [0.05, 0.1) is 0 Å². The highest BCUT2D eigenvalue weighted by Gasteiger charge is 2.04. The van der Waals surface area contributed by atoms with Gasteiger partial charge >= 0.3 is 0 Å². The third kappa shape index (κ3) is 6.95. The summed E-state index contributed by atoms with van der Waals surface area (Å²) in [4.78, 5) is 0. The molecule has 0 aromatic heterocycles. The summed E-state index contributed by atoms with van der Waals surface area (Å²) in [5.41, 5.74) is 0. The molecule has 3 nitrogen and oxygen atoms in total. The van der Waals surface area contributed by atoms with Crippen LogP contribution in [-0.2, 0) is 0 Å². The van der Waals surface area contributed by atoms with E-state index in [0.29, 0.717) is 13.2 Å². The number of para-hydroxylation sites is 1. The normalized spacial score (nSPS) is 11.8. The Kier molecular flexibility index (Phi) is 7.70. The van der Waals surface area contributed by atoms with Crippen molar-refractivity contribution in [2.45, 2.75) is 25.4 Å². The average Bonchev–Trinajstić information content (AvgIpc) is 2.41.